The molecule has 5 aromatic carbocycles. The van der Waals surface area contributed by atoms with E-state index in [1.165, 1.54) is 5.19 Å². The number of hydrogen-bond donors (Lipinski definition) is 0. The fourth-order valence-corrected chi connectivity index (χ4v) is 6.89. The van der Waals surface area contributed by atoms with Crippen LogP contribution in [0.15, 0.2) is 126 Å². The summed E-state index contributed by atoms with van der Waals surface area (Å²) in [5.41, 5.74) is 6.17. The fraction of sp³-hybridized carbons (Fsp3) is 0.0769. The molecule has 0 unspecified atom stereocenters. The van der Waals surface area contributed by atoms with Crippen molar-refractivity contribution in [1.82, 2.24) is 35.2 Å². The van der Waals surface area contributed by atoms with E-state index in [-0.39, 0.29) is 20.1 Å². The van der Waals surface area contributed by atoms with Crippen molar-refractivity contribution in [1.29, 1.82) is 0 Å². The monoisotopic (exact) mass is 832 g/mol. The summed E-state index contributed by atoms with van der Waals surface area (Å²) in [4.78, 5) is 9.26. The van der Waals surface area contributed by atoms with Crippen molar-refractivity contribution in [2.45, 2.75) is 19.6 Å². The molecule has 0 aliphatic heterocycles. The Morgan fingerprint density at radius 1 is 0.673 bits per heavy atom. The van der Waals surface area contributed by atoms with E-state index in [9.17, 15) is 0 Å². The molecular weight excluding hydrogens is 803 g/mol. The fourth-order valence-electron chi connectivity index (χ4n) is 5.86. The number of hydrogen-bond acceptors (Lipinski definition) is 7. The second-order valence-corrected chi connectivity index (χ2v) is 17.5. The Morgan fingerprint density at radius 3 is 2.22 bits per heavy atom. The quantitative estimate of drug-likeness (QED) is 0.130. The molecule has 0 spiro atoms. The van der Waals surface area contributed by atoms with E-state index in [1.54, 1.807) is 0 Å². The molecule has 1 radical (unpaired) electrons. The van der Waals surface area contributed by atoms with Crippen molar-refractivity contribution >= 4 is 57.3 Å². The number of pyridine rings is 1. The van der Waals surface area contributed by atoms with Gasteiger partial charge in [-0.3, -0.25) is 4.98 Å². The van der Waals surface area contributed by atoms with E-state index < -0.39 is 8.07 Å². The molecule has 4 aromatic heterocycles. The van der Waals surface area contributed by atoms with Gasteiger partial charge in [-0.1, -0.05) is 97.3 Å². The molecule has 0 bridgehead atoms. The molecule has 0 amide bonds. The Bertz CT molecular complexity index is 2550. The van der Waals surface area contributed by atoms with Crippen LogP contribution in [0.1, 0.15) is 0 Å². The SMILES string of the molecule is C[Si](C)(C)c1ccc(-c2[c-]cccc2)nc1.[Ir].[c-]1ccc2c(oc3c4ccccc4ccc23)c1-c1nc2nnnnc2n1-c1ccccc1. The number of benzene rings is 5. The Balaban J connectivity index is 0.000000189. The molecule has 0 saturated heterocycles. The Kier molecular flexibility index (Phi) is 8.69. The van der Waals surface area contributed by atoms with Gasteiger partial charge in [0.25, 0.3) is 0 Å². The van der Waals surface area contributed by atoms with Crippen LogP contribution in [-0.4, -0.2) is 43.2 Å². The van der Waals surface area contributed by atoms with Gasteiger partial charge in [-0.25, -0.2) is 0 Å². The van der Waals surface area contributed by atoms with E-state index in [0.29, 0.717) is 22.7 Å². The smallest absolute Gasteiger partial charge is 0.214 e. The van der Waals surface area contributed by atoms with Gasteiger partial charge >= 0.3 is 0 Å². The Hall–Kier alpha value is -5.41. The number of imidazole rings is 1. The summed E-state index contributed by atoms with van der Waals surface area (Å²) in [5.74, 6) is 0.620. The van der Waals surface area contributed by atoms with Crippen molar-refractivity contribution in [2.24, 2.45) is 0 Å². The largest absolute Gasteiger partial charge is 0.500 e. The summed E-state index contributed by atoms with van der Waals surface area (Å²) < 4.78 is 8.39. The predicted molar refractivity (Wildman–Crippen MR) is 193 cm³/mol. The molecule has 0 aliphatic carbocycles. The average Bonchev–Trinajstić information content (AvgIpc) is 3.72. The molecule has 0 saturated carbocycles. The minimum atomic E-state index is -1.23. The molecule has 9 aromatic rings. The first kappa shape index (κ1) is 32.1. The van der Waals surface area contributed by atoms with Crippen LogP contribution in [0.2, 0.25) is 19.6 Å². The van der Waals surface area contributed by atoms with Crippen LogP contribution in [0.25, 0.3) is 72.3 Å². The molecule has 4 heterocycles. The Morgan fingerprint density at radius 2 is 1.45 bits per heavy atom. The summed E-state index contributed by atoms with van der Waals surface area (Å²) in [6, 6.07) is 45.0. The van der Waals surface area contributed by atoms with Gasteiger partial charge in [0.05, 0.1) is 19.5 Å². The average molecular weight is 832 g/mol. The number of fused-ring (bicyclic) bond motifs is 6. The maximum Gasteiger partial charge on any atom is 0.214 e. The molecule has 0 atom stereocenters. The summed E-state index contributed by atoms with van der Waals surface area (Å²) >= 11 is 0. The molecule has 241 valence electrons. The first-order valence-corrected chi connectivity index (χ1v) is 19.1. The van der Waals surface area contributed by atoms with E-state index >= 15 is 0 Å². The first-order valence-electron chi connectivity index (χ1n) is 15.6. The zero-order valence-corrected chi connectivity index (χ0v) is 30.3. The molecule has 8 nitrogen and oxygen atoms in total. The van der Waals surface area contributed by atoms with Crippen LogP contribution in [0.3, 0.4) is 0 Å². The summed E-state index contributed by atoms with van der Waals surface area (Å²) in [6.45, 7) is 7.00. The van der Waals surface area contributed by atoms with E-state index in [1.807, 2.05) is 89.6 Å². The van der Waals surface area contributed by atoms with Gasteiger partial charge in [-0.15, -0.1) is 64.3 Å². The van der Waals surface area contributed by atoms with Crippen molar-refractivity contribution < 1.29 is 24.5 Å². The van der Waals surface area contributed by atoms with Gasteiger partial charge in [0.1, 0.15) is 5.58 Å². The van der Waals surface area contributed by atoms with Crippen molar-refractivity contribution in [3.05, 3.63) is 134 Å². The topological polar surface area (TPSA) is 95.4 Å². The van der Waals surface area contributed by atoms with Gasteiger partial charge in [-0.2, -0.15) is 0 Å². The second kappa shape index (κ2) is 13.2. The minimum absolute atomic E-state index is 0. The summed E-state index contributed by atoms with van der Waals surface area (Å²) in [7, 11) is -1.23. The van der Waals surface area contributed by atoms with Crippen LogP contribution in [0, 0.1) is 12.1 Å². The molecule has 49 heavy (non-hydrogen) atoms. The number of aromatic nitrogens is 7. The van der Waals surface area contributed by atoms with E-state index in [0.717, 1.165) is 49.6 Å². The number of para-hydroxylation sites is 1. The minimum Gasteiger partial charge on any atom is -0.500 e. The maximum absolute atomic E-state index is 6.48. The van der Waals surface area contributed by atoms with Crippen molar-refractivity contribution in [2.75, 3.05) is 0 Å². The van der Waals surface area contributed by atoms with Gasteiger partial charge < -0.3 is 14.0 Å². The number of rotatable bonds is 4. The maximum atomic E-state index is 6.48. The number of nitrogens with zero attached hydrogens (tertiary/aromatic N) is 7. The molecule has 0 aliphatic rings. The Labute approximate surface area is 297 Å². The van der Waals surface area contributed by atoms with Gasteiger partial charge in [0.15, 0.2) is 0 Å². The van der Waals surface area contributed by atoms with Crippen LogP contribution in [-0.2, 0) is 20.1 Å². The summed E-state index contributed by atoms with van der Waals surface area (Å²) in [6.07, 6.45) is 2.02. The second-order valence-electron chi connectivity index (χ2n) is 12.5. The molecule has 0 fully saturated rings. The summed E-state index contributed by atoms with van der Waals surface area (Å²) in [5, 5.41) is 21.3. The van der Waals surface area contributed by atoms with Crippen molar-refractivity contribution in [3.63, 3.8) is 0 Å². The van der Waals surface area contributed by atoms with Crippen LogP contribution < -0.4 is 5.19 Å². The van der Waals surface area contributed by atoms with E-state index in [2.05, 4.69) is 93.8 Å². The van der Waals surface area contributed by atoms with Gasteiger partial charge in [0.2, 0.25) is 11.3 Å². The third kappa shape index (κ3) is 6.06. The van der Waals surface area contributed by atoms with E-state index in [4.69, 9.17) is 9.40 Å². The zero-order chi connectivity index (χ0) is 32.7. The first-order chi connectivity index (χ1) is 23.5. The predicted octanol–water partition coefficient (Wildman–Crippen LogP) is 8.22. The standard InChI is InChI=1S/C25H13N6O.C14H16NSi.Ir/c1-2-8-16(9-3-1)31-24(26-23-25(31)28-30-29-27-23)20-12-6-11-18-19-14-13-15-7-4-5-10-17(15)21(19)32-22(18)20;1-16(2,3)13-9-10-14(15-11-13)12-7-5-4-6-8-12;/h1-11,13-14H;4-7,9-11H,1-3H3;/q2*-1;. The molecule has 10 heteroatoms. The third-order valence-corrected chi connectivity index (χ3v) is 10.4. The van der Waals surface area contributed by atoms with Crippen molar-refractivity contribution in [3.8, 4) is 28.3 Å². The molecule has 0 N–H and O–H groups in total. The van der Waals surface area contributed by atoms with Gasteiger partial charge in [-0.05, 0) is 38.8 Å². The number of furan rings is 1. The van der Waals surface area contributed by atoms with Crippen LogP contribution in [0.4, 0.5) is 0 Å². The van der Waals surface area contributed by atoms with Gasteiger partial charge in [0, 0.05) is 42.8 Å². The van der Waals surface area contributed by atoms with Crippen LogP contribution in [0.5, 0.6) is 0 Å². The zero-order valence-electron chi connectivity index (χ0n) is 26.9. The van der Waals surface area contributed by atoms with Crippen LogP contribution >= 0.6 is 0 Å². The molecule has 9 rings (SSSR count). The normalized spacial score (nSPS) is 11.4. The third-order valence-electron chi connectivity index (χ3n) is 8.33. The molecular formula is C39H29IrN7OSi-2.